The number of esters is 1. The Bertz CT molecular complexity index is 667. The molecule has 2 rings (SSSR count). The average Bonchev–Trinajstić information content (AvgIpc) is 2.99. The van der Waals surface area contributed by atoms with Gasteiger partial charge in [-0.25, -0.2) is 4.79 Å². The molecule has 0 radical (unpaired) electrons. The highest BCUT2D eigenvalue weighted by atomic mass is 16.5. The number of ether oxygens (including phenoxy) is 1. The van der Waals surface area contributed by atoms with Gasteiger partial charge in [-0.05, 0) is 26.0 Å². The van der Waals surface area contributed by atoms with Crippen molar-refractivity contribution in [3.05, 3.63) is 40.6 Å². The van der Waals surface area contributed by atoms with Gasteiger partial charge in [-0.2, -0.15) is 5.10 Å². The monoisotopic (exact) mass is 276 g/mol. The molecule has 106 valence electrons. The summed E-state index contributed by atoms with van der Waals surface area (Å²) in [7, 11) is 3.09. The van der Waals surface area contributed by atoms with Gasteiger partial charge in [0.25, 0.3) is 0 Å². The molecule has 0 saturated carbocycles. The molecule has 2 aromatic heterocycles. The molecule has 0 spiro atoms. The Labute approximate surface area is 116 Å². The van der Waals surface area contributed by atoms with E-state index < -0.39 is 5.97 Å². The molecule has 2 aromatic rings. The van der Waals surface area contributed by atoms with Crippen molar-refractivity contribution >= 4 is 11.8 Å². The third kappa shape index (κ3) is 2.49. The van der Waals surface area contributed by atoms with Gasteiger partial charge in [0.05, 0.1) is 12.8 Å². The summed E-state index contributed by atoms with van der Waals surface area (Å²) in [6.07, 6.45) is 0.194. The van der Waals surface area contributed by atoms with Crippen molar-refractivity contribution in [3.63, 3.8) is 0 Å². The van der Waals surface area contributed by atoms with Crippen LogP contribution in [-0.2, 0) is 18.2 Å². The number of ketones is 1. The van der Waals surface area contributed by atoms with Crippen molar-refractivity contribution < 1.29 is 18.7 Å². The average molecular weight is 276 g/mol. The van der Waals surface area contributed by atoms with Gasteiger partial charge in [-0.3, -0.25) is 9.48 Å². The smallest absolute Gasteiger partial charge is 0.373 e. The van der Waals surface area contributed by atoms with Gasteiger partial charge < -0.3 is 9.15 Å². The molecule has 0 N–H and O–H groups in total. The van der Waals surface area contributed by atoms with Crippen LogP contribution in [0.3, 0.4) is 0 Å². The van der Waals surface area contributed by atoms with E-state index in [1.807, 2.05) is 20.9 Å². The predicted octanol–water partition coefficient (Wildman–Crippen LogP) is 1.84. The molecule has 0 aliphatic rings. The molecule has 2 heterocycles. The van der Waals surface area contributed by atoms with Gasteiger partial charge in [-0.15, -0.1) is 0 Å². The fourth-order valence-electron chi connectivity index (χ4n) is 2.02. The SMILES string of the molecule is COC(=O)c1ccc(C(=O)Cc2c(C)nn(C)c2C)o1. The number of carbonyl (C=O) groups is 2. The van der Waals surface area contributed by atoms with Crippen LogP contribution in [0.25, 0.3) is 0 Å². The number of rotatable bonds is 4. The van der Waals surface area contributed by atoms with Crippen LogP contribution in [0, 0.1) is 13.8 Å². The number of Topliss-reactive ketones (excluding diaryl/α,β-unsaturated/α-hetero) is 1. The van der Waals surface area contributed by atoms with Crippen LogP contribution in [0.15, 0.2) is 16.5 Å². The molecule has 0 atom stereocenters. The summed E-state index contributed by atoms with van der Waals surface area (Å²) in [6.45, 7) is 3.77. The summed E-state index contributed by atoms with van der Waals surface area (Å²) < 4.78 is 11.5. The zero-order valence-electron chi connectivity index (χ0n) is 11.9. The van der Waals surface area contributed by atoms with Crippen molar-refractivity contribution in [2.75, 3.05) is 7.11 Å². The molecule has 0 amide bonds. The first-order chi connectivity index (χ1) is 9.43. The second-order valence-electron chi connectivity index (χ2n) is 4.53. The second-order valence-corrected chi connectivity index (χ2v) is 4.53. The topological polar surface area (TPSA) is 74.3 Å². The number of nitrogens with zero attached hydrogens (tertiary/aromatic N) is 2. The molecule has 0 fully saturated rings. The van der Waals surface area contributed by atoms with Gasteiger partial charge in [0.15, 0.2) is 5.76 Å². The van der Waals surface area contributed by atoms with Crippen LogP contribution in [-0.4, -0.2) is 28.6 Å². The number of hydrogen-bond acceptors (Lipinski definition) is 5. The molecule has 0 aromatic carbocycles. The van der Waals surface area contributed by atoms with Crippen LogP contribution in [0.1, 0.15) is 38.1 Å². The molecule has 0 unspecified atom stereocenters. The van der Waals surface area contributed by atoms with Gasteiger partial charge in [-0.1, -0.05) is 0 Å². The zero-order chi connectivity index (χ0) is 14.9. The van der Waals surface area contributed by atoms with Gasteiger partial charge in [0, 0.05) is 24.7 Å². The number of furan rings is 1. The Hall–Kier alpha value is -2.37. The first kappa shape index (κ1) is 14.0. The fraction of sp³-hybridized carbons (Fsp3) is 0.357. The standard InChI is InChI=1S/C14H16N2O4/c1-8-10(9(2)16(3)15-8)7-11(17)12-5-6-13(20-12)14(18)19-4/h5-6H,7H2,1-4H3. The van der Waals surface area contributed by atoms with Gasteiger partial charge in [0.2, 0.25) is 11.5 Å². The van der Waals surface area contributed by atoms with E-state index in [0.29, 0.717) is 0 Å². The Morgan fingerprint density at radius 2 is 1.95 bits per heavy atom. The van der Waals surface area contributed by atoms with Crippen LogP contribution >= 0.6 is 0 Å². The maximum Gasteiger partial charge on any atom is 0.373 e. The summed E-state index contributed by atoms with van der Waals surface area (Å²) in [5, 5.41) is 4.26. The van der Waals surface area contributed by atoms with Gasteiger partial charge >= 0.3 is 5.97 Å². The number of aryl methyl sites for hydroxylation is 2. The van der Waals surface area contributed by atoms with Crippen LogP contribution in [0.4, 0.5) is 0 Å². The summed E-state index contributed by atoms with van der Waals surface area (Å²) in [6, 6.07) is 2.91. The Kier molecular flexibility index (Phi) is 3.74. The molecule has 6 heteroatoms. The Morgan fingerprint density at radius 3 is 2.50 bits per heavy atom. The minimum atomic E-state index is -0.599. The van der Waals surface area contributed by atoms with Crippen molar-refractivity contribution in [3.8, 4) is 0 Å². The zero-order valence-corrected chi connectivity index (χ0v) is 11.9. The lowest BCUT2D eigenvalue weighted by Crippen LogP contribution is -2.05. The minimum Gasteiger partial charge on any atom is -0.463 e. The van der Waals surface area contributed by atoms with Crippen molar-refractivity contribution in [1.29, 1.82) is 0 Å². The van der Waals surface area contributed by atoms with E-state index in [2.05, 4.69) is 9.84 Å². The lowest BCUT2D eigenvalue weighted by atomic mass is 10.1. The largest absolute Gasteiger partial charge is 0.463 e. The van der Waals surface area contributed by atoms with Crippen molar-refractivity contribution in [2.45, 2.75) is 20.3 Å². The first-order valence-electron chi connectivity index (χ1n) is 6.14. The third-order valence-electron chi connectivity index (χ3n) is 3.26. The first-order valence-corrected chi connectivity index (χ1v) is 6.14. The number of methoxy groups -OCH3 is 1. The molecule has 20 heavy (non-hydrogen) atoms. The highest BCUT2D eigenvalue weighted by Crippen LogP contribution is 2.17. The molecule has 0 bridgehead atoms. The number of carbonyl (C=O) groups excluding carboxylic acids is 2. The Balaban J connectivity index is 2.20. The highest BCUT2D eigenvalue weighted by molar-refractivity contribution is 5.96. The van der Waals surface area contributed by atoms with Crippen LogP contribution < -0.4 is 0 Å². The maximum atomic E-state index is 12.2. The van der Waals surface area contributed by atoms with Crippen molar-refractivity contribution in [2.24, 2.45) is 7.05 Å². The lowest BCUT2D eigenvalue weighted by molar-refractivity contribution is 0.0563. The van der Waals surface area contributed by atoms with Crippen molar-refractivity contribution in [1.82, 2.24) is 9.78 Å². The number of aromatic nitrogens is 2. The van der Waals surface area contributed by atoms with Crippen LogP contribution in [0.5, 0.6) is 0 Å². The Morgan fingerprint density at radius 1 is 1.30 bits per heavy atom. The van der Waals surface area contributed by atoms with E-state index >= 15 is 0 Å². The third-order valence-corrected chi connectivity index (χ3v) is 3.26. The van der Waals surface area contributed by atoms with E-state index in [0.717, 1.165) is 17.0 Å². The summed E-state index contributed by atoms with van der Waals surface area (Å²) in [5.74, 6) is -0.624. The molecular formula is C14H16N2O4. The predicted molar refractivity (Wildman–Crippen MR) is 70.8 cm³/mol. The summed E-state index contributed by atoms with van der Waals surface area (Å²) in [5.41, 5.74) is 2.64. The van der Waals surface area contributed by atoms with E-state index in [1.54, 1.807) is 4.68 Å². The quantitative estimate of drug-likeness (QED) is 0.629. The summed E-state index contributed by atoms with van der Waals surface area (Å²) >= 11 is 0. The molecule has 6 nitrogen and oxygen atoms in total. The lowest BCUT2D eigenvalue weighted by Gasteiger charge is -2.00. The maximum absolute atomic E-state index is 12.2. The molecular weight excluding hydrogens is 260 g/mol. The highest BCUT2D eigenvalue weighted by Gasteiger charge is 2.19. The molecule has 0 aliphatic carbocycles. The fourth-order valence-corrected chi connectivity index (χ4v) is 2.02. The molecule has 0 saturated heterocycles. The second kappa shape index (κ2) is 5.32. The summed E-state index contributed by atoms with van der Waals surface area (Å²) in [4.78, 5) is 23.4. The van der Waals surface area contributed by atoms with E-state index in [4.69, 9.17) is 4.42 Å². The minimum absolute atomic E-state index is 0.0236. The van der Waals surface area contributed by atoms with E-state index in [9.17, 15) is 9.59 Å². The normalized spacial score (nSPS) is 10.6. The number of hydrogen-bond donors (Lipinski definition) is 0. The van der Waals surface area contributed by atoms with E-state index in [-0.39, 0.29) is 23.7 Å². The van der Waals surface area contributed by atoms with Gasteiger partial charge in [0.1, 0.15) is 0 Å². The molecule has 0 aliphatic heterocycles. The van der Waals surface area contributed by atoms with Crippen LogP contribution in [0.2, 0.25) is 0 Å². The van der Waals surface area contributed by atoms with E-state index in [1.165, 1.54) is 19.2 Å².